The summed E-state index contributed by atoms with van der Waals surface area (Å²) in [6.45, 7) is 0. The molecular formula is C22H18ClN3O2S. The van der Waals surface area contributed by atoms with Gasteiger partial charge < -0.3 is 10.8 Å². The summed E-state index contributed by atoms with van der Waals surface area (Å²) in [6, 6.07) is 22.5. The summed E-state index contributed by atoms with van der Waals surface area (Å²) in [5.41, 5.74) is 9.76. The molecule has 0 amide bonds. The van der Waals surface area contributed by atoms with Crippen LogP contribution in [0, 0.1) is 0 Å². The van der Waals surface area contributed by atoms with E-state index in [0.717, 1.165) is 22.4 Å². The summed E-state index contributed by atoms with van der Waals surface area (Å²) in [6.07, 6.45) is 1.63. The minimum Gasteiger partial charge on any atom is -0.478 e. The van der Waals surface area contributed by atoms with Crippen molar-refractivity contribution in [3.05, 3.63) is 94.5 Å². The number of hydrogen-bond donors (Lipinski definition) is 2. The third kappa shape index (κ3) is 5.94. The Kier molecular flexibility index (Phi) is 7.05. The smallest absolute Gasteiger partial charge is 0.337 e. The highest BCUT2D eigenvalue weighted by Crippen LogP contribution is 2.26. The van der Waals surface area contributed by atoms with E-state index in [1.807, 2.05) is 54.6 Å². The van der Waals surface area contributed by atoms with Gasteiger partial charge in [-0.05, 0) is 34.4 Å². The number of nitrogens with zero attached hydrogens (tertiary/aromatic N) is 2. The molecule has 29 heavy (non-hydrogen) atoms. The van der Waals surface area contributed by atoms with Crippen molar-refractivity contribution < 1.29 is 9.90 Å². The third-order valence-corrected chi connectivity index (χ3v) is 5.20. The first kappa shape index (κ1) is 20.6. The van der Waals surface area contributed by atoms with Gasteiger partial charge in [0.2, 0.25) is 0 Å². The van der Waals surface area contributed by atoms with E-state index in [0.29, 0.717) is 5.17 Å². The number of carboxylic acid groups (broad SMARTS) is 1. The predicted molar refractivity (Wildman–Crippen MR) is 121 cm³/mol. The molecule has 0 fully saturated rings. The number of amidine groups is 1. The van der Waals surface area contributed by atoms with E-state index in [-0.39, 0.29) is 10.6 Å². The summed E-state index contributed by atoms with van der Waals surface area (Å²) in [5.74, 6) is -0.307. The molecule has 0 atom stereocenters. The minimum atomic E-state index is -1.05. The second-order valence-corrected chi connectivity index (χ2v) is 7.48. The number of carboxylic acids is 1. The third-order valence-electron chi connectivity index (χ3n) is 4.04. The molecule has 0 saturated heterocycles. The van der Waals surface area contributed by atoms with Crippen LogP contribution in [0.2, 0.25) is 5.02 Å². The average molecular weight is 424 g/mol. The minimum absolute atomic E-state index is 0.0831. The van der Waals surface area contributed by atoms with Gasteiger partial charge in [0, 0.05) is 5.75 Å². The van der Waals surface area contributed by atoms with E-state index in [4.69, 9.17) is 22.4 Å². The zero-order valence-electron chi connectivity index (χ0n) is 15.3. The van der Waals surface area contributed by atoms with Crippen molar-refractivity contribution in [3.63, 3.8) is 0 Å². The van der Waals surface area contributed by atoms with Gasteiger partial charge in [0.15, 0.2) is 5.17 Å². The first-order chi connectivity index (χ1) is 14.0. The monoisotopic (exact) mass is 423 g/mol. The molecule has 3 N–H and O–H groups in total. The molecule has 0 saturated carbocycles. The molecule has 0 aliphatic heterocycles. The molecule has 0 aromatic heterocycles. The topological polar surface area (TPSA) is 88.0 Å². The Hall–Kier alpha value is -3.09. The van der Waals surface area contributed by atoms with Crippen LogP contribution in [-0.2, 0) is 5.75 Å². The van der Waals surface area contributed by atoms with E-state index in [1.165, 1.54) is 23.4 Å². The molecule has 0 aliphatic carbocycles. The van der Waals surface area contributed by atoms with E-state index in [1.54, 1.807) is 18.3 Å². The van der Waals surface area contributed by atoms with Crippen LogP contribution in [0.25, 0.3) is 11.1 Å². The zero-order valence-corrected chi connectivity index (χ0v) is 16.9. The number of thioether (sulfide) groups is 1. The van der Waals surface area contributed by atoms with E-state index >= 15 is 0 Å². The Bertz CT molecular complexity index is 1050. The maximum Gasteiger partial charge on any atom is 0.337 e. The number of nitrogens with two attached hydrogens (primary N) is 1. The van der Waals surface area contributed by atoms with Gasteiger partial charge in [-0.25, -0.2) is 4.79 Å². The van der Waals surface area contributed by atoms with Crippen LogP contribution in [-0.4, -0.2) is 22.5 Å². The predicted octanol–water partition coefficient (Wildman–Crippen LogP) is 5.29. The Morgan fingerprint density at radius 1 is 1.03 bits per heavy atom. The first-order valence-electron chi connectivity index (χ1n) is 8.69. The average Bonchev–Trinajstić information content (AvgIpc) is 2.73. The number of carbonyl (C=O) groups is 1. The molecule has 0 unspecified atom stereocenters. The van der Waals surface area contributed by atoms with Gasteiger partial charge in [0.25, 0.3) is 0 Å². The van der Waals surface area contributed by atoms with E-state index < -0.39 is 5.97 Å². The van der Waals surface area contributed by atoms with Crippen LogP contribution in [0.15, 0.2) is 83.0 Å². The molecule has 3 rings (SSSR count). The Morgan fingerprint density at radius 3 is 2.38 bits per heavy atom. The van der Waals surface area contributed by atoms with Gasteiger partial charge in [0.1, 0.15) is 0 Å². The molecule has 0 spiro atoms. The molecule has 3 aromatic rings. The first-order valence-corrected chi connectivity index (χ1v) is 10.1. The highest BCUT2D eigenvalue weighted by molar-refractivity contribution is 8.13. The van der Waals surface area contributed by atoms with Crippen molar-refractivity contribution in [2.75, 3.05) is 0 Å². The number of benzene rings is 3. The van der Waals surface area contributed by atoms with Crippen molar-refractivity contribution in [2.24, 2.45) is 15.9 Å². The van der Waals surface area contributed by atoms with Crippen LogP contribution < -0.4 is 5.73 Å². The fraction of sp³-hybridized carbons (Fsp3) is 0.0455. The number of rotatable bonds is 6. The molecule has 0 heterocycles. The molecule has 0 aliphatic rings. The lowest BCUT2D eigenvalue weighted by Crippen LogP contribution is -2.05. The molecule has 0 bridgehead atoms. The maximum atomic E-state index is 11.1. The second kappa shape index (κ2) is 9.91. The van der Waals surface area contributed by atoms with Crippen molar-refractivity contribution in [1.82, 2.24) is 0 Å². The largest absolute Gasteiger partial charge is 0.478 e. The van der Waals surface area contributed by atoms with Gasteiger partial charge in [-0.15, -0.1) is 5.10 Å². The number of aromatic carboxylic acids is 1. The summed E-state index contributed by atoms with van der Waals surface area (Å²) in [7, 11) is 0. The maximum absolute atomic E-state index is 11.1. The highest BCUT2D eigenvalue weighted by Gasteiger charge is 2.09. The molecule has 0 radical (unpaired) electrons. The Labute approximate surface area is 177 Å². The van der Waals surface area contributed by atoms with Crippen molar-refractivity contribution >= 4 is 40.7 Å². The lowest BCUT2D eigenvalue weighted by atomic mass is 10.0. The lowest BCUT2D eigenvalue weighted by molar-refractivity contribution is 0.0697. The number of hydrogen-bond acceptors (Lipinski definition) is 4. The second-order valence-electron chi connectivity index (χ2n) is 6.08. The van der Waals surface area contributed by atoms with E-state index in [2.05, 4.69) is 10.2 Å². The number of halogens is 1. The molecule has 5 nitrogen and oxygen atoms in total. The summed E-state index contributed by atoms with van der Waals surface area (Å²) in [4.78, 5) is 11.1. The van der Waals surface area contributed by atoms with Crippen LogP contribution in [0.1, 0.15) is 21.5 Å². The molecule has 3 aromatic carbocycles. The SMILES string of the molecule is NC(=NN=Cc1ccc(-c2ccc(C(=O)O)c(Cl)c2)cc1)SCc1ccccc1. The lowest BCUT2D eigenvalue weighted by Gasteiger charge is -2.05. The quantitative estimate of drug-likeness (QED) is 0.320. The Morgan fingerprint density at radius 2 is 1.72 bits per heavy atom. The summed E-state index contributed by atoms with van der Waals surface area (Å²) >= 11 is 7.47. The van der Waals surface area contributed by atoms with Gasteiger partial charge in [-0.3, -0.25) is 0 Å². The fourth-order valence-corrected chi connectivity index (χ4v) is 3.42. The zero-order chi connectivity index (χ0) is 20.6. The van der Waals surface area contributed by atoms with Crippen LogP contribution in [0.5, 0.6) is 0 Å². The normalized spacial score (nSPS) is 11.7. The van der Waals surface area contributed by atoms with Crippen molar-refractivity contribution in [1.29, 1.82) is 0 Å². The standard InChI is InChI=1S/C22H18ClN3O2S/c23-20-12-18(10-11-19(20)21(27)28)17-8-6-15(7-9-17)13-25-26-22(24)29-14-16-4-2-1-3-5-16/h1-13H,14H2,(H2,24,26)(H,27,28). The van der Waals surface area contributed by atoms with Crippen LogP contribution in [0.3, 0.4) is 0 Å². The fourth-order valence-electron chi connectivity index (χ4n) is 2.54. The molecule has 146 valence electrons. The summed E-state index contributed by atoms with van der Waals surface area (Å²) < 4.78 is 0. The van der Waals surface area contributed by atoms with Crippen LogP contribution >= 0.6 is 23.4 Å². The van der Waals surface area contributed by atoms with Gasteiger partial charge in [-0.2, -0.15) is 5.10 Å². The Balaban J connectivity index is 1.61. The van der Waals surface area contributed by atoms with Gasteiger partial charge >= 0.3 is 5.97 Å². The van der Waals surface area contributed by atoms with Crippen molar-refractivity contribution in [3.8, 4) is 11.1 Å². The van der Waals surface area contributed by atoms with Crippen LogP contribution in [0.4, 0.5) is 0 Å². The highest BCUT2D eigenvalue weighted by atomic mass is 35.5. The molecular weight excluding hydrogens is 406 g/mol. The summed E-state index contributed by atoms with van der Waals surface area (Å²) in [5, 5.41) is 17.7. The van der Waals surface area contributed by atoms with Gasteiger partial charge in [0.05, 0.1) is 16.8 Å². The van der Waals surface area contributed by atoms with E-state index in [9.17, 15) is 4.79 Å². The van der Waals surface area contributed by atoms with Crippen molar-refractivity contribution in [2.45, 2.75) is 5.75 Å². The molecule has 7 heteroatoms. The van der Waals surface area contributed by atoms with Gasteiger partial charge in [-0.1, -0.05) is 84.0 Å².